The van der Waals surface area contributed by atoms with Gasteiger partial charge in [0.1, 0.15) is 5.82 Å². The molecule has 74 valence electrons. The molecule has 2 rings (SSSR count). The Morgan fingerprint density at radius 2 is 2.43 bits per heavy atom. The summed E-state index contributed by atoms with van der Waals surface area (Å²) in [5.74, 6) is 0.642. The van der Waals surface area contributed by atoms with E-state index in [2.05, 4.69) is 21.0 Å². The van der Waals surface area contributed by atoms with Crippen LogP contribution in [0.15, 0.2) is 27.5 Å². The van der Waals surface area contributed by atoms with Gasteiger partial charge in [-0.1, -0.05) is 0 Å². The number of anilines is 1. The summed E-state index contributed by atoms with van der Waals surface area (Å²) in [6.07, 6.45) is 3.32. The second-order valence-electron chi connectivity index (χ2n) is 3.07. The van der Waals surface area contributed by atoms with Crippen LogP contribution in [0.1, 0.15) is 11.3 Å². The fourth-order valence-electron chi connectivity index (χ4n) is 1.25. The molecule has 0 atom stereocenters. The van der Waals surface area contributed by atoms with Crippen LogP contribution in [0, 0.1) is 6.92 Å². The molecule has 2 N–H and O–H groups in total. The zero-order valence-corrected chi connectivity index (χ0v) is 9.28. The van der Waals surface area contributed by atoms with Crippen LogP contribution in [0.5, 0.6) is 0 Å². The lowest BCUT2D eigenvalue weighted by Crippen LogP contribution is -2.05. The zero-order valence-electron chi connectivity index (χ0n) is 7.70. The van der Waals surface area contributed by atoms with Crippen molar-refractivity contribution >= 4 is 21.7 Å². The first-order valence-electron chi connectivity index (χ1n) is 4.18. The molecule has 2 aromatic heterocycles. The van der Waals surface area contributed by atoms with Gasteiger partial charge in [-0.05, 0) is 28.9 Å². The quantitative estimate of drug-likeness (QED) is 0.895. The number of hydrogen-bond acceptors (Lipinski definition) is 3. The molecule has 0 amide bonds. The van der Waals surface area contributed by atoms with E-state index >= 15 is 0 Å². The van der Waals surface area contributed by atoms with Crippen molar-refractivity contribution in [2.24, 2.45) is 0 Å². The average Bonchev–Trinajstić information content (AvgIpc) is 2.73. The molecule has 0 radical (unpaired) electrons. The van der Waals surface area contributed by atoms with Gasteiger partial charge in [-0.15, -0.1) is 0 Å². The van der Waals surface area contributed by atoms with Crippen molar-refractivity contribution in [2.45, 2.75) is 13.5 Å². The lowest BCUT2D eigenvalue weighted by Gasteiger charge is -2.00. The zero-order chi connectivity index (χ0) is 10.1. The van der Waals surface area contributed by atoms with Crippen LogP contribution >= 0.6 is 15.9 Å². The smallest absolute Gasteiger partial charge is 0.136 e. The van der Waals surface area contributed by atoms with E-state index in [-0.39, 0.29) is 0 Å². The standard InChI is InChI=1S/C9H10BrN3O/c1-6-8(10)9(11)13(12-6)4-7-2-3-14-5-7/h2-3,5H,4,11H2,1H3. The first-order chi connectivity index (χ1) is 6.68. The number of nitrogens with two attached hydrogens (primary N) is 1. The number of furan rings is 1. The molecule has 0 saturated heterocycles. The second kappa shape index (κ2) is 3.49. The summed E-state index contributed by atoms with van der Waals surface area (Å²) < 4.78 is 7.57. The third kappa shape index (κ3) is 1.55. The molecule has 0 saturated carbocycles. The highest BCUT2D eigenvalue weighted by atomic mass is 79.9. The minimum absolute atomic E-state index is 0.634. The van der Waals surface area contributed by atoms with Gasteiger partial charge >= 0.3 is 0 Å². The highest BCUT2D eigenvalue weighted by Gasteiger charge is 2.09. The Bertz CT molecular complexity index is 433. The van der Waals surface area contributed by atoms with Crippen molar-refractivity contribution in [3.63, 3.8) is 0 Å². The first kappa shape index (κ1) is 9.33. The van der Waals surface area contributed by atoms with Crippen LogP contribution < -0.4 is 5.73 Å². The fraction of sp³-hybridized carbons (Fsp3) is 0.222. The van der Waals surface area contributed by atoms with Gasteiger partial charge in [0.25, 0.3) is 0 Å². The molecule has 0 aliphatic rings. The van der Waals surface area contributed by atoms with E-state index < -0.39 is 0 Å². The Kier molecular flexibility index (Phi) is 2.33. The molecule has 0 aliphatic heterocycles. The van der Waals surface area contributed by atoms with Gasteiger partial charge in [-0.2, -0.15) is 5.10 Å². The third-order valence-electron chi connectivity index (χ3n) is 2.00. The summed E-state index contributed by atoms with van der Waals surface area (Å²) in [5, 5.41) is 4.29. The number of halogens is 1. The highest BCUT2D eigenvalue weighted by Crippen LogP contribution is 2.23. The van der Waals surface area contributed by atoms with Crippen LogP contribution in [-0.4, -0.2) is 9.78 Å². The molecule has 2 aromatic rings. The van der Waals surface area contributed by atoms with Crippen molar-refractivity contribution in [1.82, 2.24) is 9.78 Å². The SMILES string of the molecule is Cc1nn(Cc2ccoc2)c(N)c1Br. The normalized spacial score (nSPS) is 10.7. The number of aromatic nitrogens is 2. The summed E-state index contributed by atoms with van der Waals surface area (Å²) in [7, 11) is 0. The molecule has 0 bridgehead atoms. The predicted octanol–water partition coefficient (Wildman–Crippen LogP) is 2.18. The Labute approximate surface area is 89.8 Å². The summed E-state index contributed by atoms with van der Waals surface area (Å²) in [6, 6.07) is 1.89. The molecule has 5 heteroatoms. The molecular weight excluding hydrogens is 246 g/mol. The molecule has 0 unspecified atom stereocenters. The van der Waals surface area contributed by atoms with E-state index in [1.807, 2.05) is 13.0 Å². The Morgan fingerprint density at radius 3 is 2.93 bits per heavy atom. The summed E-state index contributed by atoms with van der Waals surface area (Å²) in [5.41, 5.74) is 7.79. The largest absolute Gasteiger partial charge is 0.472 e. The average molecular weight is 256 g/mol. The Morgan fingerprint density at radius 1 is 1.64 bits per heavy atom. The minimum Gasteiger partial charge on any atom is -0.472 e. The maximum absolute atomic E-state index is 5.84. The van der Waals surface area contributed by atoms with Gasteiger partial charge in [0.05, 0.1) is 29.2 Å². The van der Waals surface area contributed by atoms with Gasteiger partial charge in [0, 0.05) is 5.56 Å². The van der Waals surface area contributed by atoms with E-state index in [1.165, 1.54) is 0 Å². The van der Waals surface area contributed by atoms with Crippen molar-refractivity contribution in [3.05, 3.63) is 34.3 Å². The topological polar surface area (TPSA) is 57.0 Å². The number of aryl methyl sites for hydroxylation is 1. The minimum atomic E-state index is 0.634. The third-order valence-corrected chi connectivity index (χ3v) is 2.98. The summed E-state index contributed by atoms with van der Waals surface area (Å²) in [4.78, 5) is 0. The molecule has 0 aliphatic carbocycles. The number of rotatable bonds is 2. The van der Waals surface area contributed by atoms with Gasteiger partial charge in [0.2, 0.25) is 0 Å². The number of nitrogens with zero attached hydrogens (tertiary/aromatic N) is 2. The van der Waals surface area contributed by atoms with E-state index in [4.69, 9.17) is 10.2 Å². The molecule has 0 spiro atoms. The van der Waals surface area contributed by atoms with Crippen LogP contribution in [0.3, 0.4) is 0 Å². The number of nitrogen functional groups attached to an aromatic ring is 1. The van der Waals surface area contributed by atoms with Gasteiger partial charge in [-0.25, -0.2) is 4.68 Å². The van der Waals surface area contributed by atoms with Crippen molar-refractivity contribution in [3.8, 4) is 0 Å². The van der Waals surface area contributed by atoms with Crippen LogP contribution in [-0.2, 0) is 6.54 Å². The molecular formula is C9H10BrN3O. The molecule has 2 heterocycles. The van der Waals surface area contributed by atoms with Crippen molar-refractivity contribution in [2.75, 3.05) is 5.73 Å². The second-order valence-corrected chi connectivity index (χ2v) is 3.87. The van der Waals surface area contributed by atoms with E-state index in [0.717, 1.165) is 15.7 Å². The van der Waals surface area contributed by atoms with Crippen molar-refractivity contribution in [1.29, 1.82) is 0 Å². The first-order valence-corrected chi connectivity index (χ1v) is 4.97. The maximum Gasteiger partial charge on any atom is 0.136 e. The molecule has 0 aromatic carbocycles. The maximum atomic E-state index is 5.84. The molecule has 0 fully saturated rings. The molecule has 14 heavy (non-hydrogen) atoms. The van der Waals surface area contributed by atoms with Crippen LogP contribution in [0.4, 0.5) is 5.82 Å². The predicted molar refractivity (Wildman–Crippen MR) is 56.9 cm³/mol. The lowest BCUT2D eigenvalue weighted by atomic mass is 10.3. The van der Waals surface area contributed by atoms with Gasteiger partial charge in [0.15, 0.2) is 0 Å². The van der Waals surface area contributed by atoms with E-state index in [0.29, 0.717) is 12.4 Å². The summed E-state index contributed by atoms with van der Waals surface area (Å²) >= 11 is 3.37. The highest BCUT2D eigenvalue weighted by molar-refractivity contribution is 9.10. The van der Waals surface area contributed by atoms with Gasteiger partial charge < -0.3 is 10.2 Å². The fourth-order valence-corrected chi connectivity index (χ4v) is 1.54. The lowest BCUT2D eigenvalue weighted by molar-refractivity contribution is 0.560. The van der Waals surface area contributed by atoms with Crippen LogP contribution in [0.2, 0.25) is 0 Å². The Hall–Kier alpha value is -1.23. The van der Waals surface area contributed by atoms with Gasteiger partial charge in [-0.3, -0.25) is 0 Å². The van der Waals surface area contributed by atoms with Crippen molar-refractivity contribution < 1.29 is 4.42 Å². The van der Waals surface area contributed by atoms with E-state index in [9.17, 15) is 0 Å². The van der Waals surface area contributed by atoms with Crippen LogP contribution in [0.25, 0.3) is 0 Å². The number of hydrogen-bond donors (Lipinski definition) is 1. The summed E-state index contributed by atoms with van der Waals surface area (Å²) in [6.45, 7) is 2.54. The monoisotopic (exact) mass is 255 g/mol. The molecule has 4 nitrogen and oxygen atoms in total. The Balaban J connectivity index is 2.30. The van der Waals surface area contributed by atoms with E-state index in [1.54, 1.807) is 17.2 Å².